The molecule has 3 aromatic heterocycles. The Kier molecular flexibility index (Phi) is 22.5. The monoisotopic (exact) mass is 1490 g/mol. The summed E-state index contributed by atoms with van der Waals surface area (Å²) in [5.41, 5.74) is 4.90. The lowest BCUT2D eigenvalue weighted by atomic mass is 9.39. The van der Waals surface area contributed by atoms with Gasteiger partial charge in [0.1, 0.15) is 48.8 Å². The van der Waals surface area contributed by atoms with Gasteiger partial charge in [-0.25, -0.2) is 19.6 Å². The molecule has 107 heavy (non-hydrogen) atoms. The number of carbonyl (C=O) groups excluding carboxylic acids is 5. The van der Waals surface area contributed by atoms with Crippen molar-refractivity contribution < 1.29 is 92.7 Å². The number of anilines is 2. The fourth-order valence-electron chi connectivity index (χ4n) is 18.5. The molecule has 6 aromatic rings. The molecule has 3 aromatic carbocycles. The minimum absolute atomic E-state index is 0.00614. The minimum Gasteiger partial charge on any atom is -0.491 e. The van der Waals surface area contributed by atoms with Crippen LogP contribution >= 0.6 is 11.3 Å². The Balaban J connectivity index is 0.623. The number of amides is 5. The third-order valence-corrected chi connectivity index (χ3v) is 23.3. The molecule has 1 saturated heterocycles. The van der Waals surface area contributed by atoms with E-state index in [1.54, 1.807) is 23.2 Å². The molecule has 0 radical (unpaired) electrons. The van der Waals surface area contributed by atoms with Crippen LogP contribution in [0.5, 0.6) is 11.5 Å². The van der Waals surface area contributed by atoms with Gasteiger partial charge in [-0.05, 0) is 148 Å². The Labute approximate surface area is 621 Å². The summed E-state index contributed by atoms with van der Waals surface area (Å²) in [6, 6.07) is 21.7. The van der Waals surface area contributed by atoms with Gasteiger partial charge in [0, 0.05) is 124 Å². The van der Waals surface area contributed by atoms with E-state index in [0.29, 0.717) is 111 Å². The van der Waals surface area contributed by atoms with E-state index in [2.05, 4.69) is 34.4 Å². The van der Waals surface area contributed by atoms with E-state index in [0.717, 1.165) is 82.6 Å². The van der Waals surface area contributed by atoms with Crippen LogP contribution in [0.3, 0.4) is 0 Å². The van der Waals surface area contributed by atoms with E-state index in [-0.39, 0.29) is 110 Å². The van der Waals surface area contributed by atoms with E-state index in [4.69, 9.17) is 33.8 Å². The number of ether oxygens (including phenoxy) is 5. The van der Waals surface area contributed by atoms with Crippen molar-refractivity contribution in [1.82, 2.24) is 39.8 Å². The number of nitrogens with zero attached hydrogens (tertiary/aromatic N) is 8. The number of aliphatic hydroxyl groups is 3. The molecule has 6 heterocycles. The largest absolute Gasteiger partial charge is 0.491 e. The number of imide groups is 1. The van der Waals surface area contributed by atoms with Crippen molar-refractivity contribution in [2.45, 2.75) is 160 Å². The number of hydrogen-bond acceptors (Lipinski definition) is 22. The number of aromatic nitrogens is 4. The number of carboxylic acid groups (broad SMARTS) is 3. The number of aliphatic carboxylic acids is 2. The first kappa shape index (κ1) is 75.8. The van der Waals surface area contributed by atoms with Crippen molar-refractivity contribution in [3.63, 3.8) is 0 Å². The number of para-hydroxylation sites is 1. The van der Waals surface area contributed by atoms with Crippen molar-refractivity contribution in [2.75, 3.05) is 82.5 Å². The van der Waals surface area contributed by atoms with Crippen LogP contribution in [0.25, 0.3) is 21.3 Å². The highest BCUT2D eigenvalue weighted by Gasteiger charge is 2.66. The molecule has 6 fully saturated rings. The number of carbonyl (C=O) groups is 8. The maximum atomic E-state index is 13.9. The predicted molar refractivity (Wildman–Crippen MR) is 389 cm³/mol. The Morgan fingerprint density at radius 3 is 2.28 bits per heavy atom. The molecule has 30 heteroatoms. The van der Waals surface area contributed by atoms with Crippen LogP contribution in [0.1, 0.15) is 134 Å². The number of fused-ring (bicyclic) bond motifs is 2. The zero-order chi connectivity index (χ0) is 75.5. The quantitative estimate of drug-likeness (QED) is 0.0157. The Hall–Kier alpha value is -9.43. The Bertz CT molecular complexity index is 4330. The molecule has 570 valence electrons. The number of aromatic carboxylic acids is 1. The van der Waals surface area contributed by atoms with E-state index in [1.807, 2.05) is 65.0 Å². The average Bonchev–Trinajstić information content (AvgIpc) is 0.808. The average molecular weight is 1490 g/mol. The molecule has 8 aliphatic rings. The lowest BCUT2D eigenvalue weighted by Gasteiger charge is -2.69. The number of piperidine rings is 1. The summed E-state index contributed by atoms with van der Waals surface area (Å²) in [6.45, 7) is 10.4. The van der Waals surface area contributed by atoms with Gasteiger partial charge in [0.2, 0.25) is 5.91 Å². The molecule has 0 spiro atoms. The number of hydrogen-bond donors (Lipinski definition) is 8. The Morgan fingerprint density at radius 2 is 1.54 bits per heavy atom. The number of rotatable bonds is 31. The van der Waals surface area contributed by atoms with Gasteiger partial charge >= 0.3 is 24.0 Å². The highest BCUT2D eigenvalue weighted by atomic mass is 32.1. The first-order chi connectivity index (χ1) is 51.2. The molecular weight excluding hydrogens is 1400 g/mol. The highest BCUT2D eigenvalue weighted by molar-refractivity contribution is 7.22. The fraction of sp³-hybridized carbons (Fsp3) is 0.519. The summed E-state index contributed by atoms with van der Waals surface area (Å²) < 4.78 is 34.0. The van der Waals surface area contributed by atoms with E-state index >= 15 is 0 Å². The zero-order valence-corrected chi connectivity index (χ0v) is 61.0. The van der Waals surface area contributed by atoms with Gasteiger partial charge in [-0.2, -0.15) is 5.10 Å². The molecule has 29 nitrogen and oxygen atoms in total. The summed E-state index contributed by atoms with van der Waals surface area (Å²) in [6.07, 6.45) is 4.52. The van der Waals surface area contributed by atoms with Gasteiger partial charge in [-0.3, -0.25) is 48.6 Å². The molecule has 14 rings (SSSR count). The number of thiazole rings is 1. The van der Waals surface area contributed by atoms with Gasteiger partial charge in [0.05, 0.1) is 53.9 Å². The Morgan fingerprint density at radius 1 is 0.776 bits per heavy atom. The van der Waals surface area contributed by atoms with Gasteiger partial charge in [0.25, 0.3) is 17.7 Å². The first-order valence-electron chi connectivity index (χ1n) is 36.6. The van der Waals surface area contributed by atoms with Gasteiger partial charge in [-0.15, -0.1) is 0 Å². The molecule has 4 bridgehead atoms. The second-order valence-electron chi connectivity index (χ2n) is 30.5. The number of pyridine rings is 1. The van der Waals surface area contributed by atoms with Crippen LogP contribution in [0, 0.1) is 29.1 Å². The number of benzene rings is 3. The number of nitrogens with one attached hydrogen (secondary N) is 2. The molecule has 8 N–H and O–H groups in total. The van der Waals surface area contributed by atoms with E-state index < -0.39 is 71.8 Å². The highest BCUT2D eigenvalue weighted by Crippen LogP contribution is 2.72. The van der Waals surface area contributed by atoms with Crippen LogP contribution in [0.2, 0.25) is 0 Å². The smallest absolute Gasteiger partial charge is 0.410 e. The second kappa shape index (κ2) is 31.8. The van der Waals surface area contributed by atoms with Gasteiger partial charge < -0.3 is 69.4 Å². The van der Waals surface area contributed by atoms with E-state index in [9.17, 15) is 69.0 Å². The van der Waals surface area contributed by atoms with Crippen molar-refractivity contribution in [3.8, 4) is 22.6 Å². The second-order valence-corrected chi connectivity index (χ2v) is 31.6. The summed E-state index contributed by atoms with van der Waals surface area (Å²) in [4.78, 5) is 117. The lowest BCUT2D eigenvalue weighted by Crippen LogP contribution is -2.64. The van der Waals surface area contributed by atoms with Crippen LogP contribution in [0.15, 0.2) is 91.1 Å². The zero-order valence-electron chi connectivity index (χ0n) is 60.2. The van der Waals surface area contributed by atoms with Crippen molar-refractivity contribution in [2.24, 2.45) is 22.2 Å². The summed E-state index contributed by atoms with van der Waals surface area (Å²) in [5, 5.41) is 73.1. The molecule has 3 aliphatic heterocycles. The first-order valence-corrected chi connectivity index (χ1v) is 37.4. The topological polar surface area (TPSA) is 385 Å². The molecule has 5 aliphatic carbocycles. The molecular formula is C77H92N10O19S. The van der Waals surface area contributed by atoms with Crippen molar-refractivity contribution in [1.29, 1.82) is 0 Å². The standard InChI is InChI=1S/C77H92N10O19S/c1-46-54(51-15-16-60(81-65(51)71(99)100)85-25-19-47-8-6-9-52(55(47)37-85)69(96)82-72-80-56-10-4-5-11-59(56)107-72)36-79-87(46)45-76-40-74(2)39-75(3,41-76)43-77(42-74,44-76)105-31-29-83(24-7-12-64(91)92)49-20-26-84(27-21-49)73(101)104-38-48-13-14-50(106-58-35-53(70(97)98)66(93)68(95)67(58)94)34-57(48)103-33-32-102-30-23-78-61(88)22-28-86-62(89)17-18-63(86)90/h4-6,8-11,13-18,34,36,49,53,58,66-68,93-95H,7,12,19-33,35,37-45H2,1-3H3,(H,78,88)(H,91,92)(H,97,98)(H,99,100)(H,80,82,96)/t53-,58+,66+,67-,68-,74?,75?,76?,77?/m0/s1. The molecule has 7 atom stereocenters. The van der Waals surface area contributed by atoms with Crippen LogP contribution in [-0.4, -0.2) is 221 Å². The van der Waals surface area contributed by atoms with Crippen LogP contribution < -0.4 is 25.0 Å². The lowest BCUT2D eigenvalue weighted by molar-refractivity contribution is -0.249. The molecule has 2 unspecified atom stereocenters. The normalized spacial score (nSPS) is 25.3. The van der Waals surface area contributed by atoms with Crippen LogP contribution in [0.4, 0.5) is 15.7 Å². The SMILES string of the molecule is Cc1c(-c2ccc(N3CCc4cccc(C(=O)Nc5nc6ccccc6s5)c4C3)nc2C(=O)O)cnn1CC12CC3(C)CC(C)(C1)CC(OCCN(CCCC(=O)O)C1CCN(C(=O)OCc4ccc(O[C@@H]5C[C@H](C(=O)O)[C@@H](O)[C@H](O)[C@H]5O)cc4OCCOCCNC(=O)CCN4C(=O)C=CC4=O)CC1)(C3)C2. The van der Waals surface area contributed by atoms with Crippen LogP contribution in [-0.2, 0) is 64.3 Å². The summed E-state index contributed by atoms with van der Waals surface area (Å²) in [7, 11) is 0. The predicted octanol–water partition coefficient (Wildman–Crippen LogP) is 7.24. The molecule has 5 saturated carbocycles. The summed E-state index contributed by atoms with van der Waals surface area (Å²) >= 11 is 1.41. The van der Waals surface area contributed by atoms with Crippen molar-refractivity contribution >= 4 is 80.1 Å². The summed E-state index contributed by atoms with van der Waals surface area (Å²) in [5.74, 6) is -5.67. The minimum atomic E-state index is -1.80. The van der Waals surface area contributed by atoms with E-state index in [1.165, 1.54) is 23.5 Å². The third kappa shape index (κ3) is 17.1. The van der Waals surface area contributed by atoms with Gasteiger partial charge in [0.15, 0.2) is 10.8 Å². The number of aliphatic hydroxyl groups excluding tert-OH is 3. The number of likely N-dealkylation sites (tertiary alicyclic amines) is 1. The fourth-order valence-corrected chi connectivity index (χ4v) is 19.3. The molecule has 5 amide bonds. The number of carboxylic acids is 3. The maximum Gasteiger partial charge on any atom is 0.410 e. The van der Waals surface area contributed by atoms with Gasteiger partial charge in [-0.1, -0.05) is 49.4 Å². The third-order valence-electron chi connectivity index (χ3n) is 22.3. The maximum absolute atomic E-state index is 13.9. The van der Waals surface area contributed by atoms with Crippen molar-refractivity contribution in [3.05, 3.63) is 125 Å².